The number of nitrogens with one attached hydrogen (secondary N) is 2. The van der Waals surface area contributed by atoms with Crippen LogP contribution in [-0.2, 0) is 27.9 Å². The molecule has 0 aliphatic carbocycles. The van der Waals surface area contributed by atoms with E-state index in [-0.39, 0.29) is 23.5 Å². The Bertz CT molecular complexity index is 1200. The highest BCUT2D eigenvalue weighted by Crippen LogP contribution is 2.12. The monoisotopic (exact) mass is 400 g/mol. The molecule has 0 aliphatic heterocycles. The summed E-state index contributed by atoms with van der Waals surface area (Å²) in [5.41, 5.74) is 0.950. The number of carbonyl (C=O) groups is 1. The molecule has 3 aromatic rings. The number of sulfonamides is 1. The third-order valence-electron chi connectivity index (χ3n) is 4.31. The van der Waals surface area contributed by atoms with Crippen LogP contribution in [0.5, 0.6) is 0 Å². The molecule has 0 spiro atoms. The summed E-state index contributed by atoms with van der Waals surface area (Å²) in [7, 11) is -2.22. The fraction of sp³-hybridized carbons (Fsp3) is 0.211. The maximum Gasteiger partial charge on any atom is 0.275 e. The standard InChI is InChI=1S/C19H20N4O4S/c1-13-16-8-3-4-9-17(16)19(25)23(22-13)12-18(24)21-11-14-6-5-7-15(10-14)28(26,27)20-2/h3-10,20H,11-12H2,1-2H3,(H,21,24). The van der Waals surface area contributed by atoms with Gasteiger partial charge in [0.1, 0.15) is 6.54 Å². The summed E-state index contributed by atoms with van der Waals surface area (Å²) in [4.78, 5) is 24.9. The zero-order valence-corrected chi connectivity index (χ0v) is 16.3. The van der Waals surface area contributed by atoms with Crippen molar-refractivity contribution in [3.63, 3.8) is 0 Å². The van der Waals surface area contributed by atoms with Crippen LogP contribution in [0.2, 0.25) is 0 Å². The molecule has 28 heavy (non-hydrogen) atoms. The van der Waals surface area contributed by atoms with Crippen molar-refractivity contribution in [2.75, 3.05) is 7.05 Å². The first-order chi connectivity index (χ1) is 13.3. The molecule has 0 saturated carbocycles. The van der Waals surface area contributed by atoms with Crippen LogP contribution in [0.4, 0.5) is 0 Å². The third-order valence-corrected chi connectivity index (χ3v) is 5.72. The van der Waals surface area contributed by atoms with Crippen molar-refractivity contribution in [3.05, 3.63) is 70.1 Å². The van der Waals surface area contributed by atoms with Crippen LogP contribution in [0.3, 0.4) is 0 Å². The number of nitrogens with zero attached hydrogens (tertiary/aromatic N) is 2. The highest BCUT2D eigenvalue weighted by molar-refractivity contribution is 7.89. The van der Waals surface area contributed by atoms with Gasteiger partial charge in [-0.1, -0.05) is 30.3 Å². The van der Waals surface area contributed by atoms with E-state index in [2.05, 4.69) is 15.1 Å². The molecule has 8 nitrogen and oxygen atoms in total. The fourth-order valence-electron chi connectivity index (χ4n) is 2.84. The van der Waals surface area contributed by atoms with Crippen molar-refractivity contribution in [1.29, 1.82) is 0 Å². The molecular weight excluding hydrogens is 380 g/mol. The summed E-state index contributed by atoms with van der Waals surface area (Å²) in [5, 5.41) is 8.16. The van der Waals surface area contributed by atoms with E-state index in [4.69, 9.17) is 0 Å². The van der Waals surface area contributed by atoms with Crippen LogP contribution in [0, 0.1) is 6.92 Å². The molecule has 2 aromatic carbocycles. The Morgan fingerprint density at radius 3 is 2.54 bits per heavy atom. The first-order valence-electron chi connectivity index (χ1n) is 8.57. The minimum Gasteiger partial charge on any atom is -0.350 e. The number of aromatic nitrogens is 2. The molecule has 2 N–H and O–H groups in total. The molecule has 146 valence electrons. The lowest BCUT2D eigenvalue weighted by Gasteiger charge is -2.10. The van der Waals surface area contributed by atoms with Crippen LogP contribution in [-0.4, -0.2) is 31.2 Å². The van der Waals surface area contributed by atoms with E-state index in [1.165, 1.54) is 19.2 Å². The molecular formula is C19H20N4O4S. The van der Waals surface area contributed by atoms with Crippen LogP contribution < -0.4 is 15.6 Å². The number of aryl methyl sites for hydroxylation is 1. The normalized spacial score (nSPS) is 11.5. The lowest BCUT2D eigenvalue weighted by Crippen LogP contribution is -2.33. The maximum absolute atomic E-state index is 12.5. The molecule has 0 saturated heterocycles. The van der Waals surface area contributed by atoms with E-state index in [1.807, 2.05) is 12.1 Å². The van der Waals surface area contributed by atoms with Crippen LogP contribution in [0.25, 0.3) is 10.8 Å². The predicted octanol–water partition coefficient (Wildman–Crippen LogP) is 0.929. The fourth-order valence-corrected chi connectivity index (χ4v) is 3.64. The smallest absolute Gasteiger partial charge is 0.275 e. The Kier molecular flexibility index (Phi) is 5.57. The first-order valence-corrected chi connectivity index (χ1v) is 10.1. The van der Waals surface area contributed by atoms with Gasteiger partial charge in [-0.05, 0) is 37.7 Å². The van der Waals surface area contributed by atoms with Crippen molar-refractivity contribution < 1.29 is 13.2 Å². The summed E-state index contributed by atoms with van der Waals surface area (Å²) in [6.45, 7) is 1.69. The van der Waals surface area contributed by atoms with Gasteiger partial charge in [0.15, 0.2) is 0 Å². The second kappa shape index (κ2) is 7.91. The minimum atomic E-state index is -3.56. The van der Waals surface area contributed by atoms with Gasteiger partial charge in [-0.25, -0.2) is 17.8 Å². The summed E-state index contributed by atoms with van der Waals surface area (Å²) in [6.07, 6.45) is 0. The van der Waals surface area contributed by atoms with Crippen molar-refractivity contribution in [1.82, 2.24) is 19.8 Å². The summed E-state index contributed by atoms with van der Waals surface area (Å²) in [6, 6.07) is 13.4. The van der Waals surface area contributed by atoms with Gasteiger partial charge >= 0.3 is 0 Å². The largest absolute Gasteiger partial charge is 0.350 e. The van der Waals surface area contributed by atoms with Gasteiger partial charge in [0.25, 0.3) is 5.56 Å². The van der Waals surface area contributed by atoms with Crippen LogP contribution in [0.1, 0.15) is 11.3 Å². The van der Waals surface area contributed by atoms with Gasteiger partial charge in [0.2, 0.25) is 15.9 Å². The number of benzene rings is 2. The van der Waals surface area contributed by atoms with Crippen molar-refractivity contribution in [2.45, 2.75) is 24.9 Å². The van der Waals surface area contributed by atoms with Crippen molar-refractivity contribution in [2.24, 2.45) is 0 Å². The van der Waals surface area contributed by atoms with Gasteiger partial charge in [0.05, 0.1) is 16.0 Å². The minimum absolute atomic E-state index is 0.116. The third kappa shape index (κ3) is 4.10. The molecule has 1 heterocycles. The van der Waals surface area contributed by atoms with Gasteiger partial charge in [0, 0.05) is 11.9 Å². The Morgan fingerprint density at radius 1 is 1.11 bits per heavy atom. The van der Waals surface area contributed by atoms with Crippen molar-refractivity contribution in [3.8, 4) is 0 Å². The molecule has 1 aromatic heterocycles. The topological polar surface area (TPSA) is 110 Å². The van der Waals surface area contributed by atoms with Gasteiger partial charge in [-0.15, -0.1) is 0 Å². The predicted molar refractivity (Wildman–Crippen MR) is 105 cm³/mol. The van der Waals surface area contributed by atoms with E-state index in [9.17, 15) is 18.0 Å². The van der Waals surface area contributed by atoms with Crippen LogP contribution in [0.15, 0.2) is 58.2 Å². The molecule has 9 heteroatoms. The summed E-state index contributed by atoms with van der Waals surface area (Å²) >= 11 is 0. The van der Waals surface area contributed by atoms with Gasteiger partial charge in [-0.3, -0.25) is 9.59 Å². The second-order valence-electron chi connectivity index (χ2n) is 6.23. The second-order valence-corrected chi connectivity index (χ2v) is 8.11. The van der Waals surface area contributed by atoms with E-state index in [1.54, 1.807) is 31.2 Å². The Balaban J connectivity index is 1.74. The molecule has 3 rings (SSSR count). The van der Waals surface area contributed by atoms with E-state index in [0.29, 0.717) is 16.6 Å². The maximum atomic E-state index is 12.5. The summed E-state index contributed by atoms with van der Waals surface area (Å²) < 4.78 is 27.1. The molecule has 1 amide bonds. The molecule has 0 aliphatic rings. The molecule has 0 fully saturated rings. The zero-order valence-electron chi connectivity index (χ0n) is 15.5. The lowest BCUT2D eigenvalue weighted by molar-refractivity contribution is -0.122. The van der Waals surface area contributed by atoms with Crippen LogP contribution >= 0.6 is 0 Å². The number of hydrogen-bond donors (Lipinski definition) is 2. The number of carbonyl (C=O) groups excluding carboxylic acids is 1. The molecule has 0 unspecified atom stereocenters. The number of fused-ring (bicyclic) bond motifs is 1. The Hall–Kier alpha value is -3.04. The highest BCUT2D eigenvalue weighted by atomic mass is 32.2. The quantitative estimate of drug-likeness (QED) is 0.640. The zero-order chi connectivity index (χ0) is 20.3. The Labute approximate surface area is 162 Å². The van der Waals surface area contributed by atoms with Crippen molar-refractivity contribution >= 4 is 26.7 Å². The lowest BCUT2D eigenvalue weighted by atomic mass is 10.1. The Morgan fingerprint density at radius 2 is 1.82 bits per heavy atom. The first kappa shape index (κ1) is 19.7. The van der Waals surface area contributed by atoms with E-state index < -0.39 is 15.9 Å². The molecule has 0 bridgehead atoms. The molecule has 0 radical (unpaired) electrons. The highest BCUT2D eigenvalue weighted by Gasteiger charge is 2.13. The number of rotatable bonds is 6. The summed E-state index contributed by atoms with van der Waals surface area (Å²) in [5.74, 6) is -0.397. The SMILES string of the molecule is CNS(=O)(=O)c1cccc(CNC(=O)Cn2nc(C)c3ccccc3c2=O)c1. The average Bonchev–Trinajstić information content (AvgIpc) is 2.70. The average molecular weight is 400 g/mol. The van der Waals surface area contributed by atoms with Gasteiger partial charge in [-0.2, -0.15) is 5.10 Å². The van der Waals surface area contributed by atoms with E-state index >= 15 is 0 Å². The number of amides is 1. The van der Waals surface area contributed by atoms with E-state index in [0.717, 1.165) is 10.1 Å². The van der Waals surface area contributed by atoms with Gasteiger partial charge < -0.3 is 5.32 Å². The number of hydrogen-bond acceptors (Lipinski definition) is 5. The molecule has 0 atom stereocenters.